The summed E-state index contributed by atoms with van der Waals surface area (Å²) >= 11 is 0. The van der Waals surface area contributed by atoms with E-state index < -0.39 is 5.91 Å². The van der Waals surface area contributed by atoms with Gasteiger partial charge in [0.2, 0.25) is 0 Å². The maximum atomic E-state index is 13.2. The second-order valence-corrected chi connectivity index (χ2v) is 11.6. The number of nitrogens with two attached hydrogens (primary N) is 1. The smallest absolute Gasteiger partial charge is 0.251 e. The number of nitrogens with zero attached hydrogens (tertiary/aromatic N) is 2. The number of fused-ring (bicyclic) bond motifs is 2. The van der Waals surface area contributed by atoms with Gasteiger partial charge in [0.25, 0.3) is 11.8 Å². The SMILES string of the molecule is CC(C)CCC(=O)c1ccc(N2C3CCC2CC(NC(=O)c2ccc(C(N)=O)c(NCC4CC4)c2)C3)nc1. The van der Waals surface area contributed by atoms with Crippen molar-refractivity contribution < 1.29 is 14.4 Å². The molecule has 3 aliphatic rings. The molecule has 2 unspecified atom stereocenters. The molecule has 3 fully saturated rings. The van der Waals surface area contributed by atoms with E-state index in [1.807, 2.05) is 12.1 Å². The summed E-state index contributed by atoms with van der Waals surface area (Å²) in [4.78, 5) is 44.5. The molecular formula is C30H39N5O3. The summed E-state index contributed by atoms with van der Waals surface area (Å²) in [5.74, 6) is 1.57. The highest BCUT2D eigenvalue weighted by Crippen LogP contribution is 2.39. The molecule has 2 aliphatic heterocycles. The minimum absolute atomic E-state index is 0.0758. The quantitative estimate of drug-likeness (QED) is 0.377. The van der Waals surface area contributed by atoms with Crippen molar-refractivity contribution in [2.75, 3.05) is 16.8 Å². The van der Waals surface area contributed by atoms with Crippen LogP contribution in [0, 0.1) is 11.8 Å². The Balaban J connectivity index is 1.21. The summed E-state index contributed by atoms with van der Waals surface area (Å²) in [6.45, 7) is 5.04. The first-order valence-corrected chi connectivity index (χ1v) is 14.0. The number of nitrogens with one attached hydrogen (secondary N) is 2. The predicted molar refractivity (Wildman–Crippen MR) is 149 cm³/mol. The number of rotatable bonds is 11. The zero-order valence-corrected chi connectivity index (χ0v) is 22.4. The number of primary amides is 1. The first kappa shape index (κ1) is 26.2. The number of Topliss-reactive ketones (excluding diaryl/α,β-unsaturated/α-hetero) is 1. The van der Waals surface area contributed by atoms with Gasteiger partial charge in [0.05, 0.1) is 5.56 Å². The third kappa shape index (κ3) is 6.00. The van der Waals surface area contributed by atoms with Gasteiger partial charge in [-0.1, -0.05) is 13.8 Å². The van der Waals surface area contributed by atoms with Gasteiger partial charge in [-0.2, -0.15) is 0 Å². The van der Waals surface area contributed by atoms with Crippen LogP contribution in [-0.4, -0.2) is 47.3 Å². The summed E-state index contributed by atoms with van der Waals surface area (Å²) in [5.41, 5.74) is 7.80. The number of hydrogen-bond donors (Lipinski definition) is 3. The second-order valence-electron chi connectivity index (χ2n) is 11.6. The Bertz CT molecular complexity index is 1180. The summed E-state index contributed by atoms with van der Waals surface area (Å²) in [6.07, 6.45) is 9.38. The van der Waals surface area contributed by atoms with Crippen LogP contribution in [0.5, 0.6) is 0 Å². The zero-order chi connectivity index (χ0) is 26.8. The maximum Gasteiger partial charge on any atom is 0.251 e. The lowest BCUT2D eigenvalue weighted by atomic mass is 9.96. The Morgan fingerprint density at radius 3 is 2.34 bits per heavy atom. The van der Waals surface area contributed by atoms with E-state index in [1.165, 1.54) is 12.8 Å². The largest absolute Gasteiger partial charge is 0.384 e. The molecule has 0 spiro atoms. The van der Waals surface area contributed by atoms with E-state index in [1.54, 1.807) is 24.4 Å². The number of amides is 2. The van der Waals surface area contributed by atoms with E-state index in [-0.39, 0.29) is 17.7 Å². The van der Waals surface area contributed by atoms with Crippen molar-refractivity contribution in [1.29, 1.82) is 0 Å². The van der Waals surface area contributed by atoms with Gasteiger partial charge in [-0.15, -0.1) is 0 Å². The first-order valence-electron chi connectivity index (χ1n) is 14.0. The topological polar surface area (TPSA) is 117 Å². The second kappa shape index (κ2) is 11.1. The van der Waals surface area contributed by atoms with E-state index >= 15 is 0 Å². The van der Waals surface area contributed by atoms with Crippen LogP contribution in [0.2, 0.25) is 0 Å². The number of piperidine rings is 1. The Hall–Kier alpha value is -3.42. The normalized spacial score (nSPS) is 22.4. The van der Waals surface area contributed by atoms with Gasteiger partial charge in [0, 0.05) is 54.1 Å². The molecule has 0 radical (unpaired) electrons. The van der Waals surface area contributed by atoms with Crippen molar-refractivity contribution in [1.82, 2.24) is 10.3 Å². The van der Waals surface area contributed by atoms with Crippen LogP contribution in [0.25, 0.3) is 0 Å². The highest BCUT2D eigenvalue weighted by molar-refractivity contribution is 6.02. The summed E-state index contributed by atoms with van der Waals surface area (Å²) in [6, 6.07) is 9.63. The maximum absolute atomic E-state index is 13.2. The van der Waals surface area contributed by atoms with Gasteiger partial charge in [-0.3, -0.25) is 14.4 Å². The van der Waals surface area contributed by atoms with Crippen molar-refractivity contribution >= 4 is 29.1 Å². The van der Waals surface area contributed by atoms with Crippen molar-refractivity contribution in [3.05, 3.63) is 53.2 Å². The average Bonchev–Trinajstić information content (AvgIpc) is 3.69. The molecule has 1 aliphatic carbocycles. The lowest BCUT2D eigenvalue weighted by Gasteiger charge is -2.40. The number of anilines is 2. The Labute approximate surface area is 224 Å². The molecule has 4 N–H and O–H groups in total. The van der Waals surface area contributed by atoms with Crippen molar-refractivity contribution in [2.24, 2.45) is 17.6 Å². The number of hydrogen-bond acceptors (Lipinski definition) is 6. The molecule has 1 saturated carbocycles. The highest BCUT2D eigenvalue weighted by Gasteiger charge is 2.42. The van der Waals surface area contributed by atoms with Gasteiger partial charge >= 0.3 is 0 Å². The third-order valence-electron chi connectivity index (χ3n) is 8.18. The van der Waals surface area contributed by atoms with Gasteiger partial charge in [-0.05, 0) is 87.1 Å². The fourth-order valence-corrected chi connectivity index (χ4v) is 5.83. The standard InChI is InChI=1S/C30H39N5O3/c1-18(2)3-11-27(36)21-7-12-28(33-17-21)35-23-8-9-24(35)15-22(14-23)34-30(38)20-6-10-25(29(31)37)26(13-20)32-16-19-4-5-19/h6-7,10,12-13,17-19,22-24,32H,3-5,8-9,11,14-16H2,1-2H3,(H2,31,37)(H,34,38). The molecule has 1 aromatic carbocycles. The average molecular weight is 518 g/mol. The number of ketones is 1. The molecule has 2 bridgehead atoms. The number of aromatic nitrogens is 1. The van der Waals surface area contributed by atoms with Crippen LogP contribution < -0.4 is 21.3 Å². The lowest BCUT2D eigenvalue weighted by molar-refractivity contribution is 0.0924. The third-order valence-corrected chi connectivity index (χ3v) is 8.18. The molecule has 3 heterocycles. The monoisotopic (exact) mass is 517 g/mol. The van der Waals surface area contributed by atoms with Gasteiger partial charge < -0.3 is 21.3 Å². The Morgan fingerprint density at radius 2 is 1.74 bits per heavy atom. The van der Waals surface area contributed by atoms with Crippen LogP contribution in [-0.2, 0) is 0 Å². The lowest BCUT2D eigenvalue weighted by Crippen LogP contribution is -2.50. The fourth-order valence-electron chi connectivity index (χ4n) is 5.83. The molecule has 2 saturated heterocycles. The van der Waals surface area contributed by atoms with E-state index in [2.05, 4.69) is 34.4 Å². The molecule has 2 amide bonds. The van der Waals surface area contributed by atoms with Crippen LogP contribution in [0.15, 0.2) is 36.5 Å². The molecule has 1 aromatic heterocycles. The van der Waals surface area contributed by atoms with Crippen LogP contribution in [0.3, 0.4) is 0 Å². The molecule has 202 valence electrons. The van der Waals surface area contributed by atoms with Crippen molar-refractivity contribution in [3.63, 3.8) is 0 Å². The fraction of sp³-hybridized carbons (Fsp3) is 0.533. The minimum atomic E-state index is -0.499. The number of carbonyl (C=O) groups excluding carboxylic acids is 3. The van der Waals surface area contributed by atoms with Gasteiger partial charge in [0.1, 0.15) is 5.82 Å². The molecule has 5 rings (SSSR count). The summed E-state index contributed by atoms with van der Waals surface area (Å²) in [5, 5.41) is 6.54. The van der Waals surface area contributed by atoms with Crippen molar-refractivity contribution in [3.8, 4) is 0 Å². The van der Waals surface area contributed by atoms with Gasteiger partial charge in [0.15, 0.2) is 5.78 Å². The molecular weight excluding hydrogens is 478 g/mol. The highest BCUT2D eigenvalue weighted by atomic mass is 16.2. The predicted octanol–water partition coefficient (Wildman–Crippen LogP) is 4.55. The number of benzene rings is 1. The van der Waals surface area contributed by atoms with E-state index in [0.717, 1.165) is 44.5 Å². The van der Waals surface area contributed by atoms with E-state index in [0.29, 0.717) is 52.7 Å². The Morgan fingerprint density at radius 1 is 1.03 bits per heavy atom. The number of pyridine rings is 1. The molecule has 8 heteroatoms. The minimum Gasteiger partial charge on any atom is -0.384 e. The molecule has 38 heavy (non-hydrogen) atoms. The van der Waals surface area contributed by atoms with E-state index in [4.69, 9.17) is 5.73 Å². The number of carbonyl (C=O) groups is 3. The molecule has 8 nitrogen and oxygen atoms in total. The molecule has 2 aromatic rings. The van der Waals surface area contributed by atoms with Crippen LogP contribution in [0.1, 0.15) is 96.3 Å². The summed E-state index contributed by atoms with van der Waals surface area (Å²) in [7, 11) is 0. The van der Waals surface area contributed by atoms with Crippen LogP contribution in [0.4, 0.5) is 11.5 Å². The molecule has 2 atom stereocenters. The zero-order valence-electron chi connectivity index (χ0n) is 22.4. The van der Waals surface area contributed by atoms with Crippen LogP contribution >= 0.6 is 0 Å². The Kier molecular flexibility index (Phi) is 7.68. The summed E-state index contributed by atoms with van der Waals surface area (Å²) < 4.78 is 0. The van der Waals surface area contributed by atoms with E-state index in [9.17, 15) is 14.4 Å². The first-order chi connectivity index (χ1) is 18.3. The van der Waals surface area contributed by atoms with Gasteiger partial charge in [-0.25, -0.2) is 4.98 Å². The van der Waals surface area contributed by atoms with Crippen molar-refractivity contribution in [2.45, 2.75) is 83.3 Å².